The molecular formula is C24H24ClFN2O5S. The Labute approximate surface area is 203 Å². The van der Waals surface area contributed by atoms with Crippen LogP contribution < -0.4 is 19.1 Å². The Morgan fingerprint density at radius 3 is 2.21 bits per heavy atom. The Balaban J connectivity index is 1.93. The van der Waals surface area contributed by atoms with Crippen molar-refractivity contribution in [2.45, 2.75) is 17.9 Å². The van der Waals surface area contributed by atoms with Gasteiger partial charge in [-0.15, -0.1) is 0 Å². The van der Waals surface area contributed by atoms with E-state index >= 15 is 0 Å². The van der Waals surface area contributed by atoms with E-state index in [-0.39, 0.29) is 16.3 Å². The van der Waals surface area contributed by atoms with Gasteiger partial charge in [-0.05, 0) is 61.0 Å². The minimum atomic E-state index is -4.18. The first kappa shape index (κ1) is 25.3. The van der Waals surface area contributed by atoms with Crippen LogP contribution in [0.5, 0.6) is 11.5 Å². The SMILES string of the molecule is COc1ccc(S(=O)(=O)N(CC(=O)N[C@@H](C)c2ccc(F)cc2)c2ccc(Cl)cc2)cc1OC. The van der Waals surface area contributed by atoms with Crippen molar-refractivity contribution in [1.82, 2.24) is 5.32 Å². The van der Waals surface area contributed by atoms with Gasteiger partial charge >= 0.3 is 0 Å². The van der Waals surface area contributed by atoms with Crippen LogP contribution >= 0.6 is 11.6 Å². The monoisotopic (exact) mass is 506 g/mol. The third-order valence-corrected chi connectivity index (χ3v) is 7.11. The van der Waals surface area contributed by atoms with Crippen LogP contribution in [0.25, 0.3) is 0 Å². The Morgan fingerprint density at radius 2 is 1.62 bits per heavy atom. The summed E-state index contributed by atoms with van der Waals surface area (Å²) in [6.45, 7) is 1.23. The van der Waals surface area contributed by atoms with E-state index in [1.165, 1.54) is 68.8 Å². The Hall–Kier alpha value is -3.30. The summed E-state index contributed by atoms with van der Waals surface area (Å²) < 4.78 is 51.8. The third kappa shape index (κ3) is 5.78. The lowest BCUT2D eigenvalue weighted by atomic mass is 10.1. The van der Waals surface area contributed by atoms with Crippen LogP contribution in [0.2, 0.25) is 5.02 Å². The van der Waals surface area contributed by atoms with Gasteiger partial charge in [0.25, 0.3) is 10.0 Å². The molecule has 7 nitrogen and oxygen atoms in total. The number of hydrogen-bond donors (Lipinski definition) is 1. The predicted octanol–water partition coefficient (Wildman–Crippen LogP) is 4.57. The van der Waals surface area contributed by atoms with E-state index in [4.69, 9.17) is 21.1 Å². The molecule has 0 unspecified atom stereocenters. The van der Waals surface area contributed by atoms with E-state index in [0.29, 0.717) is 16.3 Å². The second kappa shape index (κ2) is 10.8. The van der Waals surface area contributed by atoms with E-state index in [2.05, 4.69) is 5.32 Å². The molecule has 0 saturated carbocycles. The Morgan fingerprint density at radius 1 is 1.00 bits per heavy atom. The molecule has 0 spiro atoms. The van der Waals surface area contributed by atoms with Gasteiger partial charge in [-0.2, -0.15) is 0 Å². The number of nitrogens with zero attached hydrogens (tertiary/aromatic N) is 1. The summed E-state index contributed by atoms with van der Waals surface area (Å²) >= 11 is 5.97. The van der Waals surface area contributed by atoms with Gasteiger partial charge in [0.2, 0.25) is 5.91 Å². The topological polar surface area (TPSA) is 84.9 Å². The molecule has 1 N–H and O–H groups in total. The highest BCUT2D eigenvalue weighted by atomic mass is 35.5. The number of halogens is 2. The molecule has 10 heteroatoms. The molecule has 1 amide bonds. The maximum atomic E-state index is 13.6. The number of anilines is 1. The van der Waals surface area contributed by atoms with Crippen LogP contribution in [0.4, 0.5) is 10.1 Å². The van der Waals surface area contributed by atoms with E-state index in [1.54, 1.807) is 19.1 Å². The summed E-state index contributed by atoms with van der Waals surface area (Å²) in [6, 6.07) is 15.5. The highest BCUT2D eigenvalue weighted by Gasteiger charge is 2.29. The van der Waals surface area contributed by atoms with Gasteiger partial charge in [0.1, 0.15) is 12.4 Å². The molecule has 0 aromatic heterocycles. The zero-order valence-electron chi connectivity index (χ0n) is 18.8. The third-order valence-electron chi connectivity index (χ3n) is 5.09. The van der Waals surface area contributed by atoms with Gasteiger partial charge in [0.15, 0.2) is 11.5 Å². The average Bonchev–Trinajstić information content (AvgIpc) is 2.83. The van der Waals surface area contributed by atoms with Crippen LogP contribution in [-0.2, 0) is 14.8 Å². The van der Waals surface area contributed by atoms with Gasteiger partial charge < -0.3 is 14.8 Å². The Bertz CT molecular complexity index is 1250. The quantitative estimate of drug-likeness (QED) is 0.459. The molecule has 0 aliphatic rings. The molecule has 0 fully saturated rings. The fourth-order valence-electron chi connectivity index (χ4n) is 3.28. The molecule has 0 bridgehead atoms. The summed E-state index contributed by atoms with van der Waals surface area (Å²) in [5.41, 5.74) is 0.930. The lowest BCUT2D eigenvalue weighted by Gasteiger charge is -2.25. The normalized spacial score (nSPS) is 12.0. The van der Waals surface area contributed by atoms with E-state index in [0.717, 1.165) is 4.31 Å². The molecule has 0 aliphatic carbocycles. The fourth-order valence-corrected chi connectivity index (χ4v) is 4.84. The summed E-state index contributed by atoms with van der Waals surface area (Å²) in [4.78, 5) is 12.8. The first-order chi connectivity index (χ1) is 16.1. The molecule has 3 aromatic rings. The number of rotatable bonds is 9. The first-order valence-electron chi connectivity index (χ1n) is 10.2. The van der Waals surface area contributed by atoms with Crippen molar-refractivity contribution in [2.24, 2.45) is 0 Å². The largest absolute Gasteiger partial charge is 0.493 e. The molecule has 0 radical (unpaired) electrons. The smallest absolute Gasteiger partial charge is 0.264 e. The van der Waals surface area contributed by atoms with Gasteiger partial charge in [-0.3, -0.25) is 9.10 Å². The zero-order valence-corrected chi connectivity index (χ0v) is 20.4. The van der Waals surface area contributed by atoms with Crippen molar-refractivity contribution >= 4 is 33.2 Å². The standard InChI is InChI=1S/C24H24ClFN2O5S/c1-16(17-4-8-19(26)9-5-17)27-24(29)15-28(20-10-6-18(25)7-11-20)34(30,31)21-12-13-22(32-2)23(14-21)33-3/h4-14,16H,15H2,1-3H3,(H,27,29)/t16-/m0/s1. The summed E-state index contributed by atoms with van der Waals surface area (Å²) in [6.07, 6.45) is 0. The molecule has 34 heavy (non-hydrogen) atoms. The molecule has 180 valence electrons. The van der Waals surface area contributed by atoms with E-state index < -0.39 is 34.3 Å². The van der Waals surface area contributed by atoms with Gasteiger partial charge in [-0.25, -0.2) is 12.8 Å². The van der Waals surface area contributed by atoms with E-state index in [1.807, 2.05) is 0 Å². The van der Waals surface area contributed by atoms with Crippen LogP contribution in [-0.4, -0.2) is 35.1 Å². The molecule has 3 rings (SSSR count). The maximum absolute atomic E-state index is 13.6. The number of amides is 1. The molecule has 0 heterocycles. The number of methoxy groups -OCH3 is 2. The average molecular weight is 507 g/mol. The van der Waals surface area contributed by atoms with Crippen molar-refractivity contribution < 1.29 is 27.1 Å². The van der Waals surface area contributed by atoms with Crippen molar-refractivity contribution in [3.05, 3.63) is 83.1 Å². The fraction of sp³-hybridized carbons (Fsp3) is 0.208. The van der Waals surface area contributed by atoms with Crippen molar-refractivity contribution in [1.29, 1.82) is 0 Å². The number of ether oxygens (including phenoxy) is 2. The van der Waals surface area contributed by atoms with Crippen LogP contribution in [0.3, 0.4) is 0 Å². The van der Waals surface area contributed by atoms with Crippen molar-refractivity contribution in [3.63, 3.8) is 0 Å². The van der Waals surface area contributed by atoms with Gasteiger partial charge in [-0.1, -0.05) is 23.7 Å². The zero-order chi connectivity index (χ0) is 24.9. The van der Waals surface area contributed by atoms with E-state index in [9.17, 15) is 17.6 Å². The van der Waals surface area contributed by atoms with Crippen LogP contribution in [0.1, 0.15) is 18.5 Å². The molecule has 0 saturated heterocycles. The number of hydrogen-bond acceptors (Lipinski definition) is 5. The summed E-state index contributed by atoms with van der Waals surface area (Å²) in [5.74, 6) is -0.340. The van der Waals surface area contributed by atoms with Crippen molar-refractivity contribution in [2.75, 3.05) is 25.1 Å². The lowest BCUT2D eigenvalue weighted by Crippen LogP contribution is -2.41. The van der Waals surface area contributed by atoms with Gasteiger partial charge in [0.05, 0.1) is 30.8 Å². The highest BCUT2D eigenvalue weighted by molar-refractivity contribution is 7.92. The van der Waals surface area contributed by atoms with Crippen LogP contribution in [0.15, 0.2) is 71.6 Å². The minimum Gasteiger partial charge on any atom is -0.493 e. The first-order valence-corrected chi connectivity index (χ1v) is 12.0. The predicted molar refractivity (Wildman–Crippen MR) is 128 cm³/mol. The van der Waals surface area contributed by atoms with Gasteiger partial charge in [0, 0.05) is 11.1 Å². The molecule has 0 aliphatic heterocycles. The molecular weight excluding hydrogens is 483 g/mol. The van der Waals surface area contributed by atoms with Crippen molar-refractivity contribution in [3.8, 4) is 11.5 Å². The lowest BCUT2D eigenvalue weighted by molar-refractivity contribution is -0.120. The van der Waals surface area contributed by atoms with Crippen LogP contribution in [0, 0.1) is 5.82 Å². The molecule has 1 atom stereocenters. The minimum absolute atomic E-state index is 0.0838. The maximum Gasteiger partial charge on any atom is 0.264 e. The number of benzene rings is 3. The second-order valence-corrected chi connectivity index (χ2v) is 9.64. The number of nitrogens with one attached hydrogen (secondary N) is 1. The molecule has 3 aromatic carbocycles. The highest BCUT2D eigenvalue weighted by Crippen LogP contribution is 2.32. The number of carbonyl (C=O) groups is 1. The second-order valence-electron chi connectivity index (χ2n) is 7.35. The number of sulfonamides is 1. The number of carbonyl (C=O) groups excluding carboxylic acids is 1. The summed E-state index contributed by atoms with van der Waals surface area (Å²) in [7, 11) is -1.34. The summed E-state index contributed by atoms with van der Waals surface area (Å²) in [5, 5.41) is 3.17. The Kier molecular flexibility index (Phi) is 8.01.